The Bertz CT molecular complexity index is 1220. The summed E-state index contributed by atoms with van der Waals surface area (Å²) < 4.78 is 7.41. The van der Waals surface area contributed by atoms with Crippen molar-refractivity contribution in [3.63, 3.8) is 0 Å². The molecule has 0 radical (unpaired) electrons. The fourth-order valence-electron chi connectivity index (χ4n) is 4.98. The summed E-state index contributed by atoms with van der Waals surface area (Å²) in [4.78, 5) is 5.23. The third-order valence-corrected chi connectivity index (χ3v) is 7.61. The Morgan fingerprint density at radius 1 is 1.14 bits per heavy atom. The molecule has 2 heterocycles. The van der Waals surface area contributed by atoms with Gasteiger partial charge in [0.25, 0.3) is 0 Å². The van der Waals surface area contributed by atoms with E-state index in [2.05, 4.69) is 113 Å². The molecule has 0 saturated carbocycles. The van der Waals surface area contributed by atoms with E-state index < -0.39 is 0 Å². The number of hydrogen-bond donors (Lipinski definition) is 1. The molecule has 0 fully saturated rings. The third-order valence-electron chi connectivity index (χ3n) is 7.61. The lowest BCUT2D eigenvalue weighted by molar-refractivity contribution is -0.591. The van der Waals surface area contributed by atoms with Gasteiger partial charge >= 0.3 is 0 Å². The van der Waals surface area contributed by atoms with Crippen molar-refractivity contribution < 1.29 is 9.30 Å². The molecule has 0 aliphatic carbocycles. The zero-order valence-corrected chi connectivity index (χ0v) is 23.6. The van der Waals surface area contributed by atoms with Crippen LogP contribution in [-0.4, -0.2) is 25.4 Å². The molecule has 4 nitrogen and oxygen atoms in total. The summed E-state index contributed by atoms with van der Waals surface area (Å²) in [5, 5.41) is 3.28. The van der Waals surface area contributed by atoms with E-state index in [0.29, 0.717) is 12.4 Å². The second kappa shape index (κ2) is 11.3. The second-order valence-corrected chi connectivity index (χ2v) is 11.4. The predicted octanol–water partition coefficient (Wildman–Crippen LogP) is 6.87. The third kappa shape index (κ3) is 6.30. The van der Waals surface area contributed by atoms with Gasteiger partial charge in [0.1, 0.15) is 6.04 Å². The maximum absolute atomic E-state index is 5.23. The number of aliphatic imine (C=N–C) groups is 1. The second-order valence-electron chi connectivity index (χ2n) is 11.4. The predicted molar refractivity (Wildman–Crippen MR) is 157 cm³/mol. The van der Waals surface area contributed by atoms with Gasteiger partial charge in [-0.3, -0.25) is 4.99 Å². The fourth-order valence-corrected chi connectivity index (χ4v) is 4.98. The van der Waals surface area contributed by atoms with Crippen LogP contribution in [0.1, 0.15) is 68.8 Å². The van der Waals surface area contributed by atoms with Gasteiger partial charge in [-0.25, -0.2) is 0 Å². The number of benzene rings is 1. The van der Waals surface area contributed by atoms with E-state index >= 15 is 0 Å². The highest BCUT2D eigenvalue weighted by Gasteiger charge is 2.38. The molecule has 3 unspecified atom stereocenters. The molecule has 1 N–H and O–H groups in total. The molecule has 0 saturated heterocycles. The number of fused-ring (bicyclic) bond motifs is 1. The van der Waals surface area contributed by atoms with E-state index in [-0.39, 0.29) is 22.8 Å². The topological polar surface area (TPSA) is 37.5 Å². The van der Waals surface area contributed by atoms with Crippen LogP contribution in [0.3, 0.4) is 0 Å². The Morgan fingerprint density at radius 2 is 1.84 bits per heavy atom. The maximum Gasteiger partial charge on any atom is 0.205 e. The smallest absolute Gasteiger partial charge is 0.205 e. The first-order chi connectivity index (χ1) is 17.4. The van der Waals surface area contributed by atoms with E-state index in [9.17, 15) is 0 Å². The summed E-state index contributed by atoms with van der Waals surface area (Å²) in [6.45, 7) is 28.5. The van der Waals surface area contributed by atoms with Crippen LogP contribution in [0.5, 0.6) is 0 Å². The van der Waals surface area contributed by atoms with Gasteiger partial charge < -0.3 is 10.1 Å². The molecule has 3 atom stereocenters. The van der Waals surface area contributed by atoms with Crippen molar-refractivity contribution in [3.8, 4) is 0 Å². The van der Waals surface area contributed by atoms with E-state index in [1.165, 1.54) is 11.1 Å². The summed E-state index contributed by atoms with van der Waals surface area (Å²) in [6.07, 6.45) is 7.90. The van der Waals surface area contributed by atoms with Crippen molar-refractivity contribution in [2.45, 2.75) is 64.8 Å². The summed E-state index contributed by atoms with van der Waals surface area (Å²) >= 11 is 0. The average molecular weight is 499 g/mol. The van der Waals surface area contributed by atoms with Crippen LogP contribution in [0.15, 0.2) is 91.9 Å². The van der Waals surface area contributed by atoms with Gasteiger partial charge in [0, 0.05) is 42.5 Å². The lowest BCUT2D eigenvalue weighted by Crippen LogP contribution is -2.43. The van der Waals surface area contributed by atoms with Crippen molar-refractivity contribution in [1.82, 2.24) is 5.32 Å². The number of allylic oxidation sites excluding steroid dienone is 1. The van der Waals surface area contributed by atoms with Crippen molar-refractivity contribution in [3.05, 3.63) is 109 Å². The molecule has 1 aromatic carbocycles. The molecule has 1 aromatic heterocycles. The lowest BCUT2D eigenvalue weighted by Gasteiger charge is -2.34. The molecule has 1 aliphatic rings. The van der Waals surface area contributed by atoms with Gasteiger partial charge in [-0.15, -0.1) is 6.58 Å². The normalized spacial score (nSPS) is 18.6. The molecule has 0 bridgehead atoms. The highest BCUT2D eigenvalue weighted by Crippen LogP contribution is 2.40. The number of nitrogens with zero attached hydrogens (tertiary/aromatic N) is 2. The molecular weight excluding hydrogens is 454 g/mol. The number of ether oxygens (including phenoxy) is 1. The Balaban J connectivity index is 1.99. The summed E-state index contributed by atoms with van der Waals surface area (Å²) in [7, 11) is 1.62. The number of methoxy groups -OCH3 is 1. The average Bonchev–Trinajstić information content (AvgIpc) is 2.89. The zero-order valence-electron chi connectivity index (χ0n) is 23.6. The van der Waals surface area contributed by atoms with Gasteiger partial charge in [-0.05, 0) is 48.6 Å². The van der Waals surface area contributed by atoms with Crippen molar-refractivity contribution in [2.75, 3.05) is 13.7 Å². The molecule has 0 spiro atoms. The van der Waals surface area contributed by atoms with Crippen LogP contribution in [-0.2, 0) is 10.2 Å². The van der Waals surface area contributed by atoms with Crippen LogP contribution >= 0.6 is 0 Å². The first kappa shape index (κ1) is 28.2. The highest BCUT2D eigenvalue weighted by molar-refractivity contribution is 6.10. The Kier molecular flexibility index (Phi) is 8.63. The molecule has 1 aliphatic heterocycles. The number of nitrogens with one attached hydrogen (secondary N) is 1. The Labute approximate surface area is 224 Å². The largest absolute Gasteiger partial charge is 0.483 e. The fraction of sp³-hybridized carbons (Fsp3) is 0.394. The maximum atomic E-state index is 5.23. The Hall–Kier alpha value is -3.40. The van der Waals surface area contributed by atoms with Gasteiger partial charge in [-0.2, -0.15) is 4.57 Å². The molecule has 196 valence electrons. The number of pyridine rings is 1. The molecule has 0 amide bonds. The number of hydrogen-bond acceptors (Lipinski definition) is 3. The van der Waals surface area contributed by atoms with Crippen molar-refractivity contribution >= 4 is 11.4 Å². The van der Waals surface area contributed by atoms with Crippen LogP contribution in [0.4, 0.5) is 0 Å². The summed E-state index contributed by atoms with van der Waals surface area (Å²) in [5.41, 5.74) is 6.76. The van der Waals surface area contributed by atoms with Gasteiger partial charge in [0.2, 0.25) is 5.70 Å². The van der Waals surface area contributed by atoms with Crippen LogP contribution < -0.4 is 9.88 Å². The molecule has 4 heteroatoms. The Morgan fingerprint density at radius 3 is 2.43 bits per heavy atom. The summed E-state index contributed by atoms with van der Waals surface area (Å²) in [5.74, 6) is 0.736. The van der Waals surface area contributed by atoms with Gasteiger partial charge in [0.15, 0.2) is 17.8 Å². The first-order valence-electron chi connectivity index (χ1n) is 13.1. The van der Waals surface area contributed by atoms with E-state index in [4.69, 9.17) is 9.73 Å². The monoisotopic (exact) mass is 498 g/mol. The van der Waals surface area contributed by atoms with Crippen molar-refractivity contribution in [2.24, 2.45) is 10.4 Å². The molecule has 37 heavy (non-hydrogen) atoms. The van der Waals surface area contributed by atoms with Crippen LogP contribution in [0, 0.1) is 12.3 Å². The van der Waals surface area contributed by atoms with E-state index in [0.717, 1.165) is 35.5 Å². The lowest BCUT2D eigenvalue weighted by atomic mass is 9.75. The minimum atomic E-state index is -0.137. The number of rotatable bonds is 11. The van der Waals surface area contributed by atoms with Crippen LogP contribution in [0.25, 0.3) is 5.70 Å². The minimum Gasteiger partial charge on any atom is -0.483 e. The summed E-state index contributed by atoms with van der Waals surface area (Å²) in [6, 6.07) is 12.9. The minimum absolute atomic E-state index is 0.0863. The molecular formula is C33H44N3O+. The number of aromatic nitrogens is 1. The standard InChI is InChI=1S/C33H44N3O/c1-11-30-28-16-14-13-15-27(28)29(17-19-33(9,12-2)22-34-25(5)37-10)31(35-30)24(4)36-20-18-26(21-23(36)3)32(6,7)8/h11-16,18,20-21,29,31,34H,1-2,4-5,17,19,22H2,3,6-10H3/q+1. The number of aryl methyl sites for hydroxylation is 1. The van der Waals surface area contributed by atoms with E-state index in [1.54, 1.807) is 7.11 Å². The SMILES string of the molecule is C=CC1=NC(C(=C)[n+]2ccc(C(C)(C)C)cc2C)C(CCC(C)(C=C)CNC(=C)OC)c2ccccc21. The zero-order chi connectivity index (χ0) is 27.4. The van der Waals surface area contributed by atoms with Crippen LogP contribution in [0.2, 0.25) is 0 Å². The molecule has 3 rings (SSSR count). The highest BCUT2D eigenvalue weighted by atomic mass is 16.5. The van der Waals surface area contributed by atoms with Gasteiger partial charge in [0.05, 0.1) is 12.8 Å². The van der Waals surface area contributed by atoms with Crippen molar-refractivity contribution in [1.29, 1.82) is 0 Å². The first-order valence-corrected chi connectivity index (χ1v) is 13.1. The van der Waals surface area contributed by atoms with E-state index in [1.807, 2.05) is 12.2 Å². The van der Waals surface area contributed by atoms with Gasteiger partial charge in [-0.1, -0.05) is 64.6 Å². The quantitative estimate of drug-likeness (QED) is 0.208. The molecule has 2 aromatic rings.